The Balaban J connectivity index is 2.86. The molecule has 7 heteroatoms. The lowest BCUT2D eigenvalue weighted by Crippen LogP contribution is -2.43. The summed E-state index contributed by atoms with van der Waals surface area (Å²) < 4.78 is 0. The number of benzene rings is 1. The third-order valence-corrected chi connectivity index (χ3v) is 2.55. The number of ketones is 1. The summed E-state index contributed by atoms with van der Waals surface area (Å²) in [4.78, 5) is 33.4. The Morgan fingerprint density at radius 1 is 1.29 bits per heavy atom. The minimum absolute atomic E-state index is 0.0858. The lowest BCUT2D eigenvalue weighted by Gasteiger charge is -2.20. The van der Waals surface area contributed by atoms with Gasteiger partial charge in [-0.1, -0.05) is 0 Å². The third-order valence-electron chi connectivity index (χ3n) is 2.55. The van der Waals surface area contributed by atoms with Gasteiger partial charge in [-0.3, -0.25) is 19.7 Å². The summed E-state index contributed by atoms with van der Waals surface area (Å²) in [7, 11) is 0. The van der Waals surface area contributed by atoms with Crippen LogP contribution in [0.2, 0.25) is 0 Å². The fourth-order valence-electron chi connectivity index (χ4n) is 1.69. The van der Waals surface area contributed by atoms with Gasteiger partial charge >= 0.3 is 0 Å². The number of nitrogens with one attached hydrogen (secondary N) is 2. The molecular formula is C14H19N3O4. The van der Waals surface area contributed by atoms with Crippen molar-refractivity contribution in [3.05, 3.63) is 33.9 Å². The molecule has 0 aliphatic rings. The SMILES string of the molecule is CC(=O)c1ccc(NCC(=O)NC(C)(C)C)c([N+](=O)[O-])c1. The van der Waals surface area contributed by atoms with Crippen LogP contribution in [0.25, 0.3) is 0 Å². The Bertz CT molecular complexity index is 576. The van der Waals surface area contributed by atoms with Crippen LogP contribution in [0.5, 0.6) is 0 Å². The van der Waals surface area contributed by atoms with Crippen molar-refractivity contribution < 1.29 is 14.5 Å². The first kappa shape index (κ1) is 16.6. The normalized spacial score (nSPS) is 10.9. The van der Waals surface area contributed by atoms with Crippen LogP contribution in [0.3, 0.4) is 0 Å². The molecule has 1 aromatic rings. The molecule has 0 bridgehead atoms. The second kappa shape index (κ2) is 6.34. The van der Waals surface area contributed by atoms with E-state index in [2.05, 4.69) is 10.6 Å². The summed E-state index contributed by atoms with van der Waals surface area (Å²) in [6, 6.07) is 4.12. The van der Waals surface area contributed by atoms with Crippen molar-refractivity contribution in [1.29, 1.82) is 0 Å². The molecule has 1 aromatic carbocycles. The van der Waals surface area contributed by atoms with E-state index in [4.69, 9.17) is 0 Å². The number of hydrogen-bond donors (Lipinski definition) is 2. The number of nitro benzene ring substituents is 1. The van der Waals surface area contributed by atoms with Crippen molar-refractivity contribution in [2.75, 3.05) is 11.9 Å². The minimum Gasteiger partial charge on any atom is -0.371 e. The van der Waals surface area contributed by atoms with Gasteiger partial charge in [0.2, 0.25) is 5.91 Å². The van der Waals surface area contributed by atoms with Crippen molar-refractivity contribution in [2.24, 2.45) is 0 Å². The van der Waals surface area contributed by atoms with Gasteiger partial charge in [0.25, 0.3) is 5.69 Å². The predicted molar refractivity (Wildman–Crippen MR) is 79.5 cm³/mol. The standard InChI is InChI=1S/C14H19N3O4/c1-9(18)10-5-6-11(12(7-10)17(20)21)15-8-13(19)16-14(2,3)4/h5-7,15H,8H2,1-4H3,(H,16,19). The van der Waals surface area contributed by atoms with E-state index < -0.39 is 4.92 Å². The summed E-state index contributed by atoms with van der Waals surface area (Å²) in [6.45, 7) is 6.78. The molecule has 1 rings (SSSR count). The van der Waals surface area contributed by atoms with Crippen LogP contribution in [-0.2, 0) is 4.79 Å². The largest absolute Gasteiger partial charge is 0.371 e. The van der Waals surface area contributed by atoms with Crippen LogP contribution in [-0.4, -0.2) is 28.7 Å². The van der Waals surface area contributed by atoms with Crippen LogP contribution in [0.4, 0.5) is 11.4 Å². The zero-order chi connectivity index (χ0) is 16.2. The maximum atomic E-state index is 11.7. The zero-order valence-electron chi connectivity index (χ0n) is 12.5. The molecule has 0 unspecified atom stereocenters. The highest BCUT2D eigenvalue weighted by atomic mass is 16.6. The van der Waals surface area contributed by atoms with Crippen molar-refractivity contribution >= 4 is 23.1 Å². The van der Waals surface area contributed by atoms with E-state index in [1.165, 1.54) is 25.1 Å². The molecule has 0 heterocycles. The molecule has 0 radical (unpaired) electrons. The second-order valence-electron chi connectivity index (χ2n) is 5.70. The van der Waals surface area contributed by atoms with Gasteiger partial charge in [0, 0.05) is 17.2 Å². The Morgan fingerprint density at radius 2 is 1.90 bits per heavy atom. The quantitative estimate of drug-likeness (QED) is 0.492. The van der Waals surface area contributed by atoms with E-state index in [0.717, 1.165) is 0 Å². The number of anilines is 1. The summed E-state index contributed by atoms with van der Waals surface area (Å²) >= 11 is 0. The Kier molecular flexibility index (Phi) is 5.02. The van der Waals surface area contributed by atoms with Crippen LogP contribution >= 0.6 is 0 Å². The highest BCUT2D eigenvalue weighted by Crippen LogP contribution is 2.25. The van der Waals surface area contributed by atoms with E-state index in [0.29, 0.717) is 0 Å². The molecule has 0 saturated carbocycles. The molecule has 2 N–H and O–H groups in total. The molecule has 21 heavy (non-hydrogen) atoms. The van der Waals surface area contributed by atoms with Gasteiger partial charge in [-0.25, -0.2) is 0 Å². The number of carbonyl (C=O) groups is 2. The second-order valence-corrected chi connectivity index (χ2v) is 5.70. The molecule has 114 valence electrons. The number of nitro groups is 1. The number of carbonyl (C=O) groups excluding carboxylic acids is 2. The van der Waals surface area contributed by atoms with Gasteiger partial charge in [0.15, 0.2) is 5.78 Å². The number of rotatable bonds is 5. The first-order valence-electron chi connectivity index (χ1n) is 6.44. The number of nitrogens with zero attached hydrogens (tertiary/aromatic N) is 1. The number of amides is 1. The molecule has 0 atom stereocenters. The van der Waals surface area contributed by atoms with Gasteiger partial charge in [0.05, 0.1) is 11.5 Å². The summed E-state index contributed by atoms with van der Waals surface area (Å²) in [5.41, 5.74) is -0.143. The average molecular weight is 293 g/mol. The molecule has 0 spiro atoms. The van der Waals surface area contributed by atoms with Crippen LogP contribution in [0.15, 0.2) is 18.2 Å². The number of Topliss-reactive ketones (excluding diaryl/α,β-unsaturated/α-hetero) is 1. The van der Waals surface area contributed by atoms with Crippen LogP contribution in [0.1, 0.15) is 38.1 Å². The number of hydrogen-bond acceptors (Lipinski definition) is 5. The highest BCUT2D eigenvalue weighted by Gasteiger charge is 2.18. The molecule has 0 aliphatic heterocycles. The van der Waals surface area contributed by atoms with Crippen LogP contribution < -0.4 is 10.6 Å². The molecule has 0 aliphatic carbocycles. The monoisotopic (exact) mass is 293 g/mol. The van der Waals surface area contributed by atoms with Gasteiger partial charge in [0.1, 0.15) is 5.69 Å². The maximum absolute atomic E-state index is 11.7. The highest BCUT2D eigenvalue weighted by molar-refractivity contribution is 5.95. The summed E-state index contributed by atoms with van der Waals surface area (Å²) in [5.74, 6) is -0.525. The summed E-state index contributed by atoms with van der Waals surface area (Å²) in [6.07, 6.45) is 0. The molecule has 0 saturated heterocycles. The lowest BCUT2D eigenvalue weighted by molar-refractivity contribution is -0.384. The van der Waals surface area contributed by atoms with E-state index in [-0.39, 0.29) is 40.7 Å². The molecule has 7 nitrogen and oxygen atoms in total. The van der Waals surface area contributed by atoms with Crippen molar-refractivity contribution in [3.63, 3.8) is 0 Å². The van der Waals surface area contributed by atoms with E-state index in [1.54, 1.807) is 0 Å². The molecule has 0 fully saturated rings. The van der Waals surface area contributed by atoms with Crippen molar-refractivity contribution in [2.45, 2.75) is 33.2 Å². The lowest BCUT2D eigenvalue weighted by atomic mass is 10.1. The Hall–Kier alpha value is -2.44. The van der Waals surface area contributed by atoms with Gasteiger partial charge < -0.3 is 10.6 Å². The Morgan fingerprint density at radius 3 is 2.38 bits per heavy atom. The van der Waals surface area contributed by atoms with E-state index in [1.807, 2.05) is 20.8 Å². The predicted octanol–water partition coefficient (Wildman–Crippen LogP) is 2.12. The minimum atomic E-state index is -0.587. The van der Waals surface area contributed by atoms with Crippen LogP contribution in [0, 0.1) is 10.1 Å². The molecular weight excluding hydrogens is 274 g/mol. The van der Waals surface area contributed by atoms with Crippen molar-refractivity contribution in [3.8, 4) is 0 Å². The summed E-state index contributed by atoms with van der Waals surface area (Å²) in [5, 5.41) is 16.5. The smallest absolute Gasteiger partial charge is 0.293 e. The molecule has 1 amide bonds. The first-order valence-corrected chi connectivity index (χ1v) is 6.44. The van der Waals surface area contributed by atoms with Gasteiger partial charge in [-0.2, -0.15) is 0 Å². The first-order chi connectivity index (χ1) is 9.60. The van der Waals surface area contributed by atoms with Crippen molar-refractivity contribution in [1.82, 2.24) is 5.32 Å². The average Bonchev–Trinajstić information content (AvgIpc) is 2.33. The zero-order valence-corrected chi connectivity index (χ0v) is 12.5. The fourth-order valence-corrected chi connectivity index (χ4v) is 1.69. The topological polar surface area (TPSA) is 101 Å². The fraction of sp³-hybridized carbons (Fsp3) is 0.429. The van der Waals surface area contributed by atoms with E-state index in [9.17, 15) is 19.7 Å². The molecule has 0 aromatic heterocycles. The maximum Gasteiger partial charge on any atom is 0.293 e. The third kappa shape index (κ3) is 5.21. The van der Waals surface area contributed by atoms with Gasteiger partial charge in [-0.15, -0.1) is 0 Å². The van der Waals surface area contributed by atoms with E-state index >= 15 is 0 Å². The Labute approximate surface area is 122 Å². The van der Waals surface area contributed by atoms with Gasteiger partial charge in [-0.05, 0) is 39.8 Å².